The summed E-state index contributed by atoms with van der Waals surface area (Å²) < 4.78 is 16.9. The number of aromatic nitrogens is 5. The van der Waals surface area contributed by atoms with Gasteiger partial charge in [-0.2, -0.15) is 5.10 Å². The summed E-state index contributed by atoms with van der Waals surface area (Å²) in [4.78, 5) is 46.7. The zero-order valence-corrected chi connectivity index (χ0v) is 27.8. The SMILES string of the molecule is CO[C@@]1(C(=O)Nc2ccc3[nH]nc(-c4ccc5c(c4)OCO5)c3c2)CCN(CC(=O)N2CCN(c3ccc(-c4ncccn4)cn3)C[C@H]2C)C1. The van der Waals surface area contributed by atoms with Gasteiger partial charge in [-0.15, -0.1) is 0 Å². The fourth-order valence-electron chi connectivity index (χ4n) is 7.01. The van der Waals surface area contributed by atoms with Gasteiger partial charge in [-0.05, 0) is 67.9 Å². The Morgan fingerprint density at radius 3 is 2.64 bits per heavy atom. The highest BCUT2D eigenvalue weighted by atomic mass is 16.7. The number of fused-ring (bicyclic) bond motifs is 2. The van der Waals surface area contributed by atoms with Crippen LogP contribution < -0.4 is 19.7 Å². The molecular formula is C36H37N9O5. The number of pyridine rings is 1. The average molecular weight is 676 g/mol. The first-order valence-electron chi connectivity index (χ1n) is 16.6. The second-order valence-electron chi connectivity index (χ2n) is 12.9. The lowest BCUT2D eigenvalue weighted by atomic mass is 10.0. The Hall–Kier alpha value is -5.60. The molecule has 2 atom stereocenters. The number of likely N-dealkylation sites (tertiary alicyclic amines) is 1. The summed E-state index contributed by atoms with van der Waals surface area (Å²) in [7, 11) is 1.55. The second-order valence-corrected chi connectivity index (χ2v) is 12.9. The molecule has 50 heavy (non-hydrogen) atoms. The van der Waals surface area contributed by atoms with E-state index < -0.39 is 5.60 Å². The molecule has 2 fully saturated rings. The van der Waals surface area contributed by atoms with E-state index in [1.165, 1.54) is 0 Å². The van der Waals surface area contributed by atoms with Gasteiger partial charge < -0.3 is 29.3 Å². The molecule has 2 amide bonds. The Balaban J connectivity index is 0.884. The number of hydrogen-bond acceptors (Lipinski definition) is 11. The maximum atomic E-state index is 13.8. The van der Waals surface area contributed by atoms with Crippen molar-refractivity contribution >= 4 is 34.2 Å². The average Bonchev–Trinajstić information content (AvgIpc) is 3.90. The highest BCUT2D eigenvalue weighted by Crippen LogP contribution is 2.38. The van der Waals surface area contributed by atoms with Crippen molar-refractivity contribution in [1.29, 1.82) is 0 Å². The Kier molecular flexibility index (Phi) is 8.25. The normalized spacial score (nSPS) is 20.4. The number of benzene rings is 2. The Morgan fingerprint density at radius 1 is 1.00 bits per heavy atom. The summed E-state index contributed by atoms with van der Waals surface area (Å²) in [6.07, 6.45) is 5.68. The Bertz CT molecular complexity index is 2040. The minimum absolute atomic E-state index is 0.00587. The molecule has 2 saturated heterocycles. The number of H-pyrrole nitrogens is 1. The van der Waals surface area contributed by atoms with Gasteiger partial charge in [-0.3, -0.25) is 19.6 Å². The molecule has 14 heteroatoms. The molecule has 3 aromatic heterocycles. The van der Waals surface area contributed by atoms with Crippen LogP contribution >= 0.6 is 0 Å². The smallest absolute Gasteiger partial charge is 0.258 e. The molecule has 0 aliphatic carbocycles. The lowest BCUT2D eigenvalue weighted by Gasteiger charge is -2.41. The van der Waals surface area contributed by atoms with Gasteiger partial charge in [0.2, 0.25) is 12.7 Å². The Morgan fingerprint density at radius 2 is 1.84 bits per heavy atom. The zero-order chi connectivity index (χ0) is 34.2. The number of piperazine rings is 1. The van der Waals surface area contributed by atoms with Crippen molar-refractivity contribution in [1.82, 2.24) is 34.9 Å². The number of hydrogen-bond donors (Lipinski definition) is 2. The van der Waals surface area contributed by atoms with E-state index in [0.717, 1.165) is 33.5 Å². The molecular weight excluding hydrogens is 638 g/mol. The van der Waals surface area contributed by atoms with Crippen molar-refractivity contribution < 1.29 is 23.8 Å². The third kappa shape index (κ3) is 5.96. The molecule has 2 N–H and O–H groups in total. The molecule has 3 aliphatic rings. The van der Waals surface area contributed by atoms with Gasteiger partial charge in [-0.25, -0.2) is 15.0 Å². The van der Waals surface area contributed by atoms with Gasteiger partial charge in [0.15, 0.2) is 22.9 Å². The minimum atomic E-state index is -1.08. The van der Waals surface area contributed by atoms with E-state index in [0.29, 0.717) is 62.2 Å². The molecule has 8 rings (SSSR count). The van der Waals surface area contributed by atoms with Crippen LogP contribution in [0.4, 0.5) is 11.5 Å². The highest BCUT2D eigenvalue weighted by Gasteiger charge is 2.46. The molecule has 0 spiro atoms. The van der Waals surface area contributed by atoms with Crippen LogP contribution in [0.3, 0.4) is 0 Å². The number of ether oxygens (including phenoxy) is 3. The van der Waals surface area contributed by atoms with Crippen LogP contribution in [0.1, 0.15) is 13.3 Å². The van der Waals surface area contributed by atoms with Crippen LogP contribution in [-0.2, 0) is 14.3 Å². The van der Waals surface area contributed by atoms with Gasteiger partial charge in [0, 0.05) is 86.7 Å². The highest BCUT2D eigenvalue weighted by molar-refractivity contribution is 6.01. The quantitative estimate of drug-likeness (QED) is 0.248. The summed E-state index contributed by atoms with van der Waals surface area (Å²) in [6.45, 7) is 5.27. The molecule has 3 aliphatic heterocycles. The first-order valence-corrected chi connectivity index (χ1v) is 16.6. The first kappa shape index (κ1) is 31.7. The summed E-state index contributed by atoms with van der Waals surface area (Å²) in [5.74, 6) is 2.65. The van der Waals surface area contributed by atoms with E-state index in [1.807, 2.05) is 58.3 Å². The second kappa shape index (κ2) is 13.0. The maximum absolute atomic E-state index is 13.8. The van der Waals surface area contributed by atoms with Gasteiger partial charge >= 0.3 is 0 Å². The molecule has 256 valence electrons. The monoisotopic (exact) mass is 675 g/mol. The third-order valence-electron chi connectivity index (χ3n) is 9.78. The maximum Gasteiger partial charge on any atom is 0.258 e. The number of aromatic amines is 1. The number of nitrogens with zero attached hydrogens (tertiary/aromatic N) is 7. The van der Waals surface area contributed by atoms with Crippen molar-refractivity contribution in [3.63, 3.8) is 0 Å². The van der Waals surface area contributed by atoms with Crippen molar-refractivity contribution in [3.05, 3.63) is 73.2 Å². The Labute approximate surface area is 288 Å². The number of rotatable bonds is 8. The lowest BCUT2D eigenvalue weighted by molar-refractivity contribution is -0.138. The first-order chi connectivity index (χ1) is 24.4. The predicted octanol–water partition coefficient (Wildman–Crippen LogP) is 3.58. The molecule has 2 aromatic carbocycles. The van der Waals surface area contributed by atoms with Gasteiger partial charge in [0.05, 0.1) is 12.1 Å². The van der Waals surface area contributed by atoms with Crippen molar-refractivity contribution in [2.75, 3.05) is 63.4 Å². The van der Waals surface area contributed by atoms with Crippen molar-refractivity contribution in [2.45, 2.75) is 25.0 Å². The largest absolute Gasteiger partial charge is 0.454 e. The summed E-state index contributed by atoms with van der Waals surface area (Å²) in [5, 5.41) is 11.5. The van der Waals surface area contributed by atoms with Gasteiger partial charge in [0.25, 0.3) is 5.91 Å². The van der Waals surface area contributed by atoms with E-state index in [9.17, 15) is 9.59 Å². The van der Waals surface area contributed by atoms with E-state index in [1.54, 1.807) is 31.8 Å². The number of amides is 2. The van der Waals surface area contributed by atoms with E-state index >= 15 is 0 Å². The fraction of sp³-hybridized carbons (Fsp3) is 0.333. The summed E-state index contributed by atoms with van der Waals surface area (Å²) in [6, 6.07) is 17.0. The minimum Gasteiger partial charge on any atom is -0.454 e. The molecule has 5 aromatic rings. The van der Waals surface area contributed by atoms with Crippen LogP contribution in [0.5, 0.6) is 11.5 Å². The molecule has 0 bridgehead atoms. The van der Waals surface area contributed by atoms with E-state index in [4.69, 9.17) is 14.2 Å². The number of anilines is 2. The molecule has 0 radical (unpaired) electrons. The summed E-state index contributed by atoms with van der Waals surface area (Å²) >= 11 is 0. The van der Waals surface area contributed by atoms with Gasteiger partial charge in [0.1, 0.15) is 11.5 Å². The van der Waals surface area contributed by atoms with Crippen LogP contribution in [0.25, 0.3) is 33.5 Å². The van der Waals surface area contributed by atoms with Crippen molar-refractivity contribution in [3.8, 4) is 34.1 Å². The molecule has 0 saturated carbocycles. The number of methoxy groups -OCH3 is 1. The number of nitrogens with one attached hydrogen (secondary N) is 2. The van der Waals surface area contributed by atoms with Gasteiger partial charge in [-0.1, -0.05) is 0 Å². The summed E-state index contributed by atoms with van der Waals surface area (Å²) in [5.41, 5.74) is 2.84. The predicted molar refractivity (Wildman–Crippen MR) is 186 cm³/mol. The standard InChI is InChI=1S/C36H37N9O5/c1-23-19-44(31-9-5-25(18-39-31)34-37-11-3-12-38-34)14-15-45(23)32(46)20-43-13-10-36(21-43,48-2)35(47)40-26-6-7-28-27(17-26)33(42-41-28)24-4-8-29-30(16-24)50-22-49-29/h3-9,11-12,16-18,23H,10,13-15,19-22H2,1-2H3,(H,40,47)(H,41,42)/t23-,36+/m1/s1. The molecule has 14 nitrogen and oxygen atoms in total. The van der Waals surface area contributed by atoms with Crippen molar-refractivity contribution in [2.24, 2.45) is 0 Å². The number of carbonyl (C=O) groups is 2. The molecule has 6 heterocycles. The third-order valence-corrected chi connectivity index (χ3v) is 9.78. The molecule has 0 unspecified atom stereocenters. The van der Waals surface area contributed by atoms with Crippen LogP contribution in [0, 0.1) is 0 Å². The lowest BCUT2D eigenvalue weighted by Crippen LogP contribution is -2.56. The number of carbonyl (C=O) groups excluding carboxylic acids is 2. The fourth-order valence-corrected chi connectivity index (χ4v) is 7.01. The van der Waals surface area contributed by atoms with Crippen LogP contribution in [0.15, 0.2) is 73.2 Å². The van der Waals surface area contributed by atoms with E-state index in [-0.39, 0.29) is 31.2 Å². The topological polar surface area (TPSA) is 151 Å². The zero-order valence-electron chi connectivity index (χ0n) is 27.8. The van der Waals surface area contributed by atoms with Crippen LogP contribution in [-0.4, -0.2) is 112 Å². The van der Waals surface area contributed by atoms with E-state index in [2.05, 4.69) is 42.3 Å². The van der Waals surface area contributed by atoms with Crippen LogP contribution in [0.2, 0.25) is 0 Å².